The fourth-order valence-electron chi connectivity index (χ4n) is 7.76. The van der Waals surface area contributed by atoms with Gasteiger partial charge in [0.1, 0.15) is 0 Å². The van der Waals surface area contributed by atoms with Crippen molar-refractivity contribution in [3.8, 4) is 5.88 Å². The quantitative estimate of drug-likeness (QED) is 0.136. The van der Waals surface area contributed by atoms with Gasteiger partial charge in [-0.25, -0.2) is 0 Å². The molecule has 2 bridgehead atoms. The molecule has 1 aromatic heterocycles. The second-order valence-electron chi connectivity index (χ2n) is 12.2. The zero-order valence-electron chi connectivity index (χ0n) is 25.5. The number of hydrogen-bond donors (Lipinski definition) is 0. The number of para-hydroxylation sites is 1. The molecule has 6 rings (SSSR count). The van der Waals surface area contributed by atoms with E-state index in [4.69, 9.17) is 18.6 Å². The van der Waals surface area contributed by atoms with Crippen LogP contribution < -0.4 is 9.20 Å². The summed E-state index contributed by atoms with van der Waals surface area (Å²) in [6.45, 7) is -0.0478. The van der Waals surface area contributed by atoms with Gasteiger partial charge >= 0.3 is 272 Å². The Morgan fingerprint density at radius 3 is 2.59 bits per heavy atom. The van der Waals surface area contributed by atoms with Crippen LogP contribution in [0.5, 0.6) is 5.88 Å². The minimum absolute atomic E-state index is 0.0463. The number of likely N-dealkylation sites (tertiary alicyclic amines) is 1. The van der Waals surface area contributed by atoms with Crippen molar-refractivity contribution in [1.82, 2.24) is 9.88 Å². The number of piperidine rings is 1. The standard InChI is InChI=1S/C32H35N3O9SSe/c1-42-29-15-14-25-26(33-29)17-23-18-31(21-44-45(2,39)40,46(41)28-13-7-6-12-27(28)35(37)38)20-32(25)24(23)11-8-16-34(32)30(36)43-19-22-9-4-3-5-10-22/h3-7,9-10,12-15,23-24H,8,11,16-21H2,1-2H3/t23-,24+,31-,32-,46?/m0/s1. The summed E-state index contributed by atoms with van der Waals surface area (Å²) in [5, 5.41) is 12.1. The minimum atomic E-state index is -3.98. The number of nitrogens with zero attached hydrogens (tertiary/aromatic N) is 3. The molecular weight excluding hydrogens is 681 g/mol. The molecule has 1 amide bonds. The molecule has 1 saturated heterocycles. The molecule has 244 valence electrons. The number of benzene rings is 2. The summed E-state index contributed by atoms with van der Waals surface area (Å²) < 4.78 is 55.3. The van der Waals surface area contributed by atoms with Crippen molar-refractivity contribution < 1.29 is 35.6 Å². The van der Waals surface area contributed by atoms with Crippen molar-refractivity contribution in [1.29, 1.82) is 0 Å². The zero-order valence-corrected chi connectivity index (χ0v) is 28.0. The van der Waals surface area contributed by atoms with Gasteiger partial charge in [-0.15, -0.1) is 0 Å². The summed E-state index contributed by atoms with van der Waals surface area (Å²) in [6.07, 6.45) is 2.67. The second kappa shape index (κ2) is 12.5. The van der Waals surface area contributed by atoms with Gasteiger partial charge in [-0.2, -0.15) is 0 Å². The Kier molecular flexibility index (Phi) is 8.75. The first-order valence-electron chi connectivity index (χ1n) is 15.0. The van der Waals surface area contributed by atoms with Crippen molar-refractivity contribution in [3.05, 3.63) is 93.7 Å². The maximum atomic E-state index is 14.9. The molecule has 2 aromatic carbocycles. The molecule has 1 unspecified atom stereocenters. The first kappa shape index (κ1) is 32.2. The molecule has 3 aromatic rings. The molecule has 1 aliphatic heterocycles. The Bertz CT molecular complexity index is 1790. The van der Waals surface area contributed by atoms with E-state index >= 15 is 0 Å². The molecule has 46 heavy (non-hydrogen) atoms. The van der Waals surface area contributed by atoms with Crippen LogP contribution in [0.4, 0.5) is 10.5 Å². The van der Waals surface area contributed by atoms with Gasteiger partial charge in [0.2, 0.25) is 0 Å². The molecule has 2 heterocycles. The van der Waals surface area contributed by atoms with Crippen molar-refractivity contribution >= 4 is 40.2 Å². The van der Waals surface area contributed by atoms with Crippen LogP contribution in [0.25, 0.3) is 0 Å². The SMILES string of the molecule is COc1ccc2c(n1)C[C@H]1C[C@](COS(C)(=O)=O)([Se](=O)c3ccccc3[N+](=O)[O-])C[C@]23[C@@H]1CCCN3C(=O)OCc1ccccc1. The van der Waals surface area contributed by atoms with Gasteiger partial charge in [0, 0.05) is 0 Å². The molecule has 2 aliphatic carbocycles. The van der Waals surface area contributed by atoms with E-state index in [0.29, 0.717) is 18.8 Å². The van der Waals surface area contributed by atoms with Crippen molar-refractivity contribution in [2.24, 2.45) is 11.8 Å². The molecule has 0 spiro atoms. The van der Waals surface area contributed by atoms with Crippen LogP contribution in [0, 0.1) is 22.0 Å². The van der Waals surface area contributed by atoms with Crippen LogP contribution in [-0.4, -0.2) is 69.7 Å². The third kappa shape index (κ3) is 5.83. The van der Waals surface area contributed by atoms with Crippen molar-refractivity contribution in [2.75, 3.05) is 26.5 Å². The van der Waals surface area contributed by atoms with Gasteiger partial charge in [0.05, 0.1) is 0 Å². The molecule has 14 heteroatoms. The van der Waals surface area contributed by atoms with Crippen LogP contribution in [0.3, 0.4) is 0 Å². The third-order valence-electron chi connectivity index (χ3n) is 9.48. The van der Waals surface area contributed by atoms with Gasteiger partial charge < -0.3 is 0 Å². The van der Waals surface area contributed by atoms with Gasteiger partial charge in [-0.1, -0.05) is 0 Å². The normalized spacial score (nSPS) is 25.9. The monoisotopic (exact) mass is 717 g/mol. The summed E-state index contributed by atoms with van der Waals surface area (Å²) in [7, 11) is -2.46. The van der Waals surface area contributed by atoms with E-state index in [2.05, 4.69) is 0 Å². The maximum absolute atomic E-state index is 14.9. The van der Waals surface area contributed by atoms with Gasteiger partial charge in [0.25, 0.3) is 0 Å². The molecule has 12 nitrogen and oxygen atoms in total. The zero-order chi connectivity index (χ0) is 32.7. The molecule has 0 N–H and O–H groups in total. The summed E-state index contributed by atoms with van der Waals surface area (Å²) in [6, 6.07) is 18.8. The van der Waals surface area contributed by atoms with E-state index in [1.165, 1.54) is 25.3 Å². The summed E-state index contributed by atoms with van der Waals surface area (Å²) in [5.74, 6) is 0.156. The first-order valence-corrected chi connectivity index (χ1v) is 19.2. The van der Waals surface area contributed by atoms with Crippen LogP contribution in [0.1, 0.15) is 42.5 Å². The van der Waals surface area contributed by atoms with Gasteiger partial charge in [-0.05, 0) is 0 Å². The Hall–Kier alpha value is -3.71. The van der Waals surface area contributed by atoms with E-state index in [9.17, 15) is 27.2 Å². The topological polar surface area (TPSA) is 155 Å². The van der Waals surface area contributed by atoms with Crippen LogP contribution in [0.15, 0.2) is 66.7 Å². The van der Waals surface area contributed by atoms with Gasteiger partial charge in [-0.3, -0.25) is 0 Å². The van der Waals surface area contributed by atoms with E-state index in [1.54, 1.807) is 17.0 Å². The molecule has 1 saturated carbocycles. The fraction of sp³-hybridized carbons (Fsp3) is 0.438. The Morgan fingerprint density at radius 1 is 1.13 bits per heavy atom. The number of fused-ring (bicyclic) bond motifs is 1. The van der Waals surface area contributed by atoms with Gasteiger partial charge in [0.15, 0.2) is 0 Å². The molecule has 3 aliphatic rings. The molecular formula is C32H35N3O9SSe. The number of amides is 1. The number of nitro groups is 1. The summed E-state index contributed by atoms with van der Waals surface area (Å²) in [5.41, 5.74) is 0.945. The summed E-state index contributed by atoms with van der Waals surface area (Å²) in [4.78, 5) is 32.1. The summed E-state index contributed by atoms with van der Waals surface area (Å²) >= 11 is -3.46. The number of nitro benzene ring substituents is 1. The Labute approximate surface area is 271 Å². The number of methoxy groups -OCH3 is 1. The first-order chi connectivity index (χ1) is 22.0. The average molecular weight is 717 g/mol. The number of pyridine rings is 1. The van der Waals surface area contributed by atoms with Crippen LogP contribution in [-0.2, 0) is 41.4 Å². The average Bonchev–Trinajstić information content (AvgIpc) is 3.05. The van der Waals surface area contributed by atoms with E-state index < -0.39 is 51.4 Å². The van der Waals surface area contributed by atoms with Crippen molar-refractivity contribution in [3.63, 3.8) is 0 Å². The number of carbonyl (C=O) groups is 1. The van der Waals surface area contributed by atoms with E-state index in [0.717, 1.165) is 35.9 Å². The van der Waals surface area contributed by atoms with E-state index in [1.807, 2.05) is 36.4 Å². The number of ether oxygens (including phenoxy) is 2. The van der Waals surface area contributed by atoms with Crippen LogP contribution in [0.2, 0.25) is 4.31 Å². The molecule has 0 radical (unpaired) electrons. The predicted octanol–water partition coefficient (Wildman–Crippen LogP) is 4.25. The fourth-order valence-corrected chi connectivity index (χ4v) is 12.3. The van der Waals surface area contributed by atoms with E-state index in [-0.39, 0.29) is 41.4 Å². The molecule has 5 atom stereocenters. The number of carbonyl (C=O) groups excluding carboxylic acids is 1. The molecule has 2 fully saturated rings. The number of hydrogen-bond acceptors (Lipinski definition) is 10. The second-order valence-corrected chi connectivity index (χ2v) is 17.7. The van der Waals surface area contributed by atoms with Crippen molar-refractivity contribution in [2.45, 2.75) is 48.6 Å². The number of rotatable bonds is 9. The number of aromatic nitrogens is 1. The third-order valence-corrected chi connectivity index (χ3v) is 14.1. The Morgan fingerprint density at radius 2 is 1.87 bits per heavy atom. The van der Waals surface area contributed by atoms with Crippen LogP contribution >= 0.6 is 0 Å². The predicted molar refractivity (Wildman–Crippen MR) is 168 cm³/mol. The Balaban J connectivity index is 1.52.